The molecule has 0 atom stereocenters. The van der Waals surface area contributed by atoms with Crippen molar-refractivity contribution in [1.29, 1.82) is 10.5 Å². The lowest BCUT2D eigenvalue weighted by Crippen LogP contribution is -2.20. The maximum absolute atomic E-state index is 8.61. The number of fused-ring (bicyclic) bond motifs is 1. The van der Waals surface area contributed by atoms with Crippen LogP contribution >= 0.6 is 0 Å². The molecule has 0 saturated carbocycles. The van der Waals surface area contributed by atoms with Gasteiger partial charge in [0.15, 0.2) is 0 Å². The number of nitrogens with zero attached hydrogens (tertiary/aromatic N) is 5. The van der Waals surface area contributed by atoms with Crippen molar-refractivity contribution < 1.29 is 0 Å². The lowest BCUT2D eigenvalue weighted by molar-refractivity contribution is 0.408. The van der Waals surface area contributed by atoms with Crippen LogP contribution in [0.5, 0.6) is 0 Å². The fourth-order valence-corrected chi connectivity index (χ4v) is 1.81. The predicted molar refractivity (Wildman–Crippen MR) is 77.0 cm³/mol. The first-order valence-electron chi connectivity index (χ1n) is 6.07. The second-order valence-electron chi connectivity index (χ2n) is 5.28. The van der Waals surface area contributed by atoms with E-state index < -0.39 is 0 Å². The molecule has 100 valence electrons. The third-order valence-electron chi connectivity index (χ3n) is 2.78. The van der Waals surface area contributed by atoms with Crippen LogP contribution in [0.15, 0.2) is 29.6 Å². The molecule has 0 aliphatic rings. The summed E-state index contributed by atoms with van der Waals surface area (Å²) in [5.74, 6) is 0. The van der Waals surface area contributed by atoms with Gasteiger partial charge in [-0.3, -0.25) is 5.43 Å². The molecule has 20 heavy (non-hydrogen) atoms. The van der Waals surface area contributed by atoms with E-state index in [1.54, 1.807) is 18.5 Å². The normalized spacial score (nSPS) is 10.7. The van der Waals surface area contributed by atoms with Crippen LogP contribution in [-0.2, 0) is 5.54 Å². The van der Waals surface area contributed by atoms with Gasteiger partial charge in [-0.2, -0.15) is 15.6 Å². The fraction of sp³-hybridized carbons (Fsp3) is 0.286. The summed E-state index contributed by atoms with van der Waals surface area (Å²) in [7, 11) is 0. The molecule has 1 N–H and O–H groups in total. The van der Waals surface area contributed by atoms with Crippen molar-refractivity contribution in [2.75, 3.05) is 5.43 Å². The van der Waals surface area contributed by atoms with Gasteiger partial charge in [0.05, 0.1) is 23.0 Å². The largest absolute Gasteiger partial charge is 0.325 e. The van der Waals surface area contributed by atoms with Gasteiger partial charge in [-0.15, -0.1) is 0 Å². The molecular formula is C14H14N6. The van der Waals surface area contributed by atoms with Crippen LogP contribution in [0.4, 0.5) is 5.69 Å². The Bertz CT molecular complexity index is 733. The van der Waals surface area contributed by atoms with Crippen LogP contribution in [0.3, 0.4) is 0 Å². The summed E-state index contributed by atoms with van der Waals surface area (Å²) in [6.45, 7) is 6.32. The first-order chi connectivity index (χ1) is 9.45. The molecule has 0 radical (unpaired) electrons. The van der Waals surface area contributed by atoms with Crippen molar-refractivity contribution in [2.45, 2.75) is 26.3 Å². The zero-order chi connectivity index (χ0) is 14.8. The van der Waals surface area contributed by atoms with E-state index in [1.165, 1.54) is 0 Å². The monoisotopic (exact) mass is 266 g/mol. The highest BCUT2D eigenvalue weighted by Crippen LogP contribution is 2.24. The summed E-state index contributed by atoms with van der Waals surface area (Å²) in [4.78, 5) is 4.36. The van der Waals surface area contributed by atoms with Crippen LogP contribution < -0.4 is 5.43 Å². The van der Waals surface area contributed by atoms with Crippen molar-refractivity contribution in [3.05, 3.63) is 24.5 Å². The average molecular weight is 266 g/mol. The van der Waals surface area contributed by atoms with Gasteiger partial charge in [0.25, 0.3) is 0 Å². The molecule has 0 aliphatic heterocycles. The number of anilines is 1. The number of hydrazone groups is 1. The molecule has 2 rings (SSSR count). The molecule has 0 bridgehead atoms. The Kier molecular flexibility index (Phi) is 3.41. The molecule has 6 heteroatoms. The summed E-state index contributed by atoms with van der Waals surface area (Å²) < 4.78 is 2.09. The number of aromatic nitrogens is 2. The Hall–Kier alpha value is -2.86. The lowest BCUT2D eigenvalue weighted by atomic mass is 10.1. The van der Waals surface area contributed by atoms with Gasteiger partial charge in [0.2, 0.25) is 5.71 Å². The van der Waals surface area contributed by atoms with Crippen LogP contribution in [0.2, 0.25) is 0 Å². The summed E-state index contributed by atoms with van der Waals surface area (Å²) in [5, 5.41) is 20.9. The topological polar surface area (TPSA) is 89.8 Å². The van der Waals surface area contributed by atoms with Crippen molar-refractivity contribution in [1.82, 2.24) is 9.55 Å². The first-order valence-corrected chi connectivity index (χ1v) is 6.07. The van der Waals surface area contributed by atoms with Crippen molar-refractivity contribution in [2.24, 2.45) is 5.10 Å². The van der Waals surface area contributed by atoms with Gasteiger partial charge in [0, 0.05) is 5.54 Å². The summed E-state index contributed by atoms with van der Waals surface area (Å²) in [5.41, 5.74) is 4.95. The second kappa shape index (κ2) is 5.02. The molecule has 1 aromatic heterocycles. The maximum atomic E-state index is 8.61. The summed E-state index contributed by atoms with van der Waals surface area (Å²) in [6, 6.07) is 8.98. The first kappa shape index (κ1) is 13.6. The predicted octanol–water partition coefficient (Wildman–Crippen LogP) is 2.61. The molecule has 0 fully saturated rings. The van der Waals surface area contributed by atoms with Gasteiger partial charge in [-0.25, -0.2) is 4.98 Å². The molecule has 2 aromatic rings. The standard InChI is InChI=1S/C14H14N6/c1-14(2,3)20-9-17-12-6-10(4-5-13(12)20)18-19-11(7-15)8-16/h4-6,9,18H,1-3H3. The van der Waals surface area contributed by atoms with Gasteiger partial charge >= 0.3 is 0 Å². The van der Waals surface area contributed by atoms with E-state index in [-0.39, 0.29) is 11.3 Å². The number of hydrogen-bond acceptors (Lipinski definition) is 5. The van der Waals surface area contributed by atoms with E-state index in [0.29, 0.717) is 5.69 Å². The Balaban J connectivity index is 2.36. The van der Waals surface area contributed by atoms with E-state index in [4.69, 9.17) is 10.5 Å². The van der Waals surface area contributed by atoms with E-state index in [9.17, 15) is 0 Å². The van der Waals surface area contributed by atoms with Crippen molar-refractivity contribution in [3.8, 4) is 12.1 Å². The van der Waals surface area contributed by atoms with Gasteiger partial charge in [0.1, 0.15) is 12.1 Å². The lowest BCUT2D eigenvalue weighted by Gasteiger charge is -2.21. The minimum atomic E-state index is -0.217. The number of benzene rings is 1. The molecule has 0 aliphatic carbocycles. The maximum Gasteiger partial charge on any atom is 0.237 e. The van der Waals surface area contributed by atoms with Crippen molar-refractivity contribution >= 4 is 22.4 Å². The smallest absolute Gasteiger partial charge is 0.237 e. The zero-order valence-corrected chi connectivity index (χ0v) is 11.5. The third kappa shape index (κ3) is 2.60. The van der Waals surface area contributed by atoms with E-state index in [0.717, 1.165) is 11.0 Å². The molecule has 0 amide bonds. The van der Waals surface area contributed by atoms with E-state index in [2.05, 4.69) is 40.8 Å². The molecule has 0 saturated heterocycles. The Morgan fingerprint density at radius 2 is 2.00 bits per heavy atom. The Labute approximate surface area is 117 Å². The van der Waals surface area contributed by atoms with Crippen LogP contribution in [0, 0.1) is 22.7 Å². The summed E-state index contributed by atoms with van der Waals surface area (Å²) in [6.07, 6.45) is 1.80. The Morgan fingerprint density at radius 3 is 2.60 bits per heavy atom. The average Bonchev–Trinajstić information content (AvgIpc) is 2.82. The SMILES string of the molecule is CC(C)(C)n1cnc2cc(NN=C(C#N)C#N)ccc21. The molecule has 6 nitrogen and oxygen atoms in total. The van der Waals surface area contributed by atoms with Gasteiger partial charge < -0.3 is 4.57 Å². The fourth-order valence-electron chi connectivity index (χ4n) is 1.81. The van der Waals surface area contributed by atoms with Crippen LogP contribution in [0.25, 0.3) is 11.0 Å². The number of hydrogen-bond donors (Lipinski definition) is 1. The highest BCUT2D eigenvalue weighted by Gasteiger charge is 2.15. The van der Waals surface area contributed by atoms with E-state index in [1.807, 2.05) is 18.2 Å². The third-order valence-corrected chi connectivity index (χ3v) is 2.78. The van der Waals surface area contributed by atoms with Crippen LogP contribution in [-0.4, -0.2) is 15.3 Å². The minimum Gasteiger partial charge on any atom is -0.325 e. The minimum absolute atomic E-state index is 0.0450. The second-order valence-corrected chi connectivity index (χ2v) is 5.28. The molecule has 0 spiro atoms. The highest BCUT2D eigenvalue weighted by atomic mass is 15.3. The molecule has 1 heterocycles. The van der Waals surface area contributed by atoms with E-state index >= 15 is 0 Å². The number of imidazole rings is 1. The van der Waals surface area contributed by atoms with Crippen LogP contribution in [0.1, 0.15) is 20.8 Å². The molecule has 1 aromatic carbocycles. The highest BCUT2D eigenvalue weighted by molar-refractivity contribution is 6.10. The van der Waals surface area contributed by atoms with Gasteiger partial charge in [-0.05, 0) is 39.0 Å². The summed E-state index contributed by atoms with van der Waals surface area (Å²) >= 11 is 0. The molecular weight excluding hydrogens is 252 g/mol. The Morgan fingerprint density at radius 1 is 1.30 bits per heavy atom. The number of nitrogens with one attached hydrogen (secondary N) is 1. The number of rotatable bonds is 2. The quantitative estimate of drug-likeness (QED) is 0.668. The zero-order valence-electron chi connectivity index (χ0n) is 11.5. The van der Waals surface area contributed by atoms with Crippen molar-refractivity contribution in [3.63, 3.8) is 0 Å². The number of nitriles is 2. The van der Waals surface area contributed by atoms with Gasteiger partial charge in [-0.1, -0.05) is 0 Å². The molecule has 0 unspecified atom stereocenters.